The number of rotatable bonds is 10. The molecule has 2 aromatic carbocycles. The van der Waals surface area contributed by atoms with Gasteiger partial charge in [0, 0.05) is 36.6 Å². The molecule has 3 aliphatic heterocycles. The Hall–Kier alpha value is -5.96. The molecular weight excluding hydrogens is 831 g/mol. The second-order valence-electron chi connectivity index (χ2n) is 17.6. The maximum atomic E-state index is 14.8. The highest BCUT2D eigenvalue weighted by Gasteiger charge is 2.50. The molecule has 0 aliphatic carbocycles. The third-order valence-electron chi connectivity index (χ3n) is 12.3. The van der Waals surface area contributed by atoms with E-state index < -0.39 is 77.4 Å². The van der Waals surface area contributed by atoms with Gasteiger partial charge in [-0.2, -0.15) is 0 Å². The van der Waals surface area contributed by atoms with Crippen molar-refractivity contribution in [2.75, 3.05) is 6.61 Å². The highest BCUT2D eigenvalue weighted by molar-refractivity contribution is 6.00. The smallest absolute Gasteiger partial charge is 0.420 e. The van der Waals surface area contributed by atoms with E-state index in [4.69, 9.17) is 28.4 Å². The van der Waals surface area contributed by atoms with Gasteiger partial charge in [0.15, 0.2) is 29.6 Å². The van der Waals surface area contributed by atoms with Crippen molar-refractivity contribution >= 4 is 41.9 Å². The molecule has 3 aliphatic rings. The number of benzene rings is 2. The third-order valence-corrected chi connectivity index (χ3v) is 12.3. The van der Waals surface area contributed by atoms with Crippen LogP contribution in [0.2, 0.25) is 0 Å². The van der Waals surface area contributed by atoms with Crippen LogP contribution in [0.4, 0.5) is 4.79 Å². The van der Waals surface area contributed by atoms with Crippen LogP contribution in [0.3, 0.4) is 0 Å². The quantitative estimate of drug-likeness (QED) is 0.133. The van der Waals surface area contributed by atoms with E-state index in [1.165, 1.54) is 31.7 Å². The fraction of sp³-hybridized carbons (Fsp3) is 0.451. The largest absolute Gasteiger partial charge is 0.457 e. The predicted molar refractivity (Wildman–Crippen MR) is 242 cm³/mol. The molecule has 0 amide bonds. The van der Waals surface area contributed by atoms with Crippen molar-refractivity contribution in [1.29, 1.82) is 0 Å². The van der Waals surface area contributed by atoms with Gasteiger partial charge in [-0.05, 0) is 106 Å². The molecule has 14 nitrogen and oxygen atoms in total. The lowest BCUT2D eigenvalue weighted by Crippen LogP contribution is -2.56. The number of aromatic nitrogens is 2. The van der Waals surface area contributed by atoms with Crippen LogP contribution in [0, 0.1) is 17.8 Å². The van der Waals surface area contributed by atoms with Gasteiger partial charge in [-0.1, -0.05) is 75.4 Å². The molecule has 1 N–H and O–H groups in total. The zero-order chi connectivity index (χ0) is 46.9. The molecule has 0 spiro atoms. The highest BCUT2D eigenvalue weighted by Crippen LogP contribution is 2.38. The first kappa shape index (κ1) is 48.5. The number of ketones is 2. The number of nitrogens with zero attached hydrogens (tertiary/aromatic N) is 2. The molecule has 0 saturated carbocycles. The van der Waals surface area contributed by atoms with Crippen molar-refractivity contribution in [3.63, 3.8) is 0 Å². The summed E-state index contributed by atoms with van der Waals surface area (Å²) in [5.74, 6) is -5.40. The lowest BCUT2D eigenvalue weighted by atomic mass is 9.77. The number of hydrogen-bond acceptors (Lipinski definition) is 13. The maximum absolute atomic E-state index is 14.8. The van der Waals surface area contributed by atoms with Crippen molar-refractivity contribution < 1.29 is 52.4 Å². The summed E-state index contributed by atoms with van der Waals surface area (Å²) in [7, 11) is 0. The number of esters is 2. The number of nitrogens with one attached hydrogen (secondary N) is 1. The number of imidazole rings is 1. The lowest BCUT2D eigenvalue weighted by molar-refractivity contribution is -0.286. The van der Waals surface area contributed by atoms with Gasteiger partial charge in [0.2, 0.25) is 0 Å². The van der Waals surface area contributed by atoms with Crippen LogP contribution in [-0.2, 0) is 42.8 Å². The van der Waals surface area contributed by atoms with Crippen LogP contribution in [0.1, 0.15) is 91.4 Å². The van der Waals surface area contributed by atoms with Crippen molar-refractivity contribution in [3.8, 4) is 0 Å². The molecule has 0 bridgehead atoms. The zero-order valence-corrected chi connectivity index (χ0v) is 38.4. The summed E-state index contributed by atoms with van der Waals surface area (Å²) in [5, 5.41) is 5.28. The number of carbonyl (C=O) groups is 5. The minimum Gasteiger partial charge on any atom is -0.457 e. The topological polar surface area (TPSA) is 171 Å². The van der Waals surface area contributed by atoms with Gasteiger partial charge < -0.3 is 33.7 Å². The van der Waals surface area contributed by atoms with E-state index in [-0.39, 0.29) is 36.9 Å². The summed E-state index contributed by atoms with van der Waals surface area (Å²) < 4.78 is 39.4. The van der Waals surface area contributed by atoms with Gasteiger partial charge in [-0.3, -0.25) is 14.4 Å². The number of ether oxygens (including phenoxy) is 6. The van der Waals surface area contributed by atoms with E-state index in [2.05, 4.69) is 10.3 Å². The zero-order valence-electron chi connectivity index (χ0n) is 38.4. The molecule has 1 aromatic heterocycles. The molecule has 14 heteroatoms. The number of hydrogen-bond donors (Lipinski definition) is 1. The maximum Gasteiger partial charge on any atom is 0.420 e. The SMILES string of the molecule is CC[C@H]1OC(=O)[C@H](C)C(=O)[C@H](C)[C@@H](O[C@@H]2O[C@H](C)CC[C@H]2OC(=O)c2ccccc2)[C@](C)(OC/C=C/C2=CNC=c3ccccc3=C2)C[C@@H](C)C(=O)/C(C)=C/[C@]1(C)OC(=O)n1ccnc1. The van der Waals surface area contributed by atoms with E-state index in [0.717, 1.165) is 20.6 Å². The van der Waals surface area contributed by atoms with Crippen molar-refractivity contribution in [1.82, 2.24) is 14.9 Å². The Labute approximate surface area is 380 Å². The normalized spacial score (nSPS) is 31.0. The first-order valence-electron chi connectivity index (χ1n) is 22.3. The van der Waals surface area contributed by atoms with Crippen molar-refractivity contribution in [3.05, 3.63) is 125 Å². The fourth-order valence-corrected chi connectivity index (χ4v) is 8.76. The molecule has 346 valence electrons. The Morgan fingerprint density at radius 2 is 1.69 bits per heavy atom. The highest BCUT2D eigenvalue weighted by atomic mass is 16.7. The molecule has 0 unspecified atom stereocenters. The lowest BCUT2D eigenvalue weighted by Gasteiger charge is -2.45. The van der Waals surface area contributed by atoms with E-state index in [1.54, 1.807) is 71.9 Å². The molecule has 3 aromatic rings. The van der Waals surface area contributed by atoms with Crippen LogP contribution < -0.4 is 15.8 Å². The van der Waals surface area contributed by atoms with Crippen LogP contribution in [-0.4, -0.2) is 87.7 Å². The van der Waals surface area contributed by atoms with Gasteiger partial charge in [0.25, 0.3) is 0 Å². The molecule has 10 atom stereocenters. The molecule has 6 rings (SSSR count). The monoisotopic (exact) mass is 891 g/mol. The predicted octanol–water partition coefficient (Wildman–Crippen LogP) is 6.52. The Morgan fingerprint density at radius 3 is 2.40 bits per heavy atom. The van der Waals surface area contributed by atoms with Crippen LogP contribution >= 0.6 is 0 Å². The average molecular weight is 892 g/mol. The summed E-state index contributed by atoms with van der Waals surface area (Å²) in [6.07, 6.45) is 11.0. The minimum atomic E-state index is -1.64. The summed E-state index contributed by atoms with van der Waals surface area (Å²) in [4.78, 5) is 74.2. The number of fused-ring (bicyclic) bond motifs is 1. The van der Waals surface area contributed by atoms with Gasteiger partial charge in [0.1, 0.15) is 18.3 Å². The molecule has 65 heavy (non-hydrogen) atoms. The minimum absolute atomic E-state index is 0.0237. The number of carbonyl (C=O) groups excluding carboxylic acids is 5. The summed E-state index contributed by atoms with van der Waals surface area (Å²) in [6, 6.07) is 16.6. The summed E-state index contributed by atoms with van der Waals surface area (Å²) in [5.41, 5.74) is -1.60. The van der Waals surface area contributed by atoms with Crippen LogP contribution in [0.25, 0.3) is 12.3 Å². The Bertz CT molecular complexity index is 2410. The van der Waals surface area contributed by atoms with Crippen LogP contribution in [0.5, 0.6) is 0 Å². The summed E-state index contributed by atoms with van der Waals surface area (Å²) >= 11 is 0. The molecule has 1 saturated heterocycles. The molecule has 4 heterocycles. The van der Waals surface area contributed by atoms with Crippen molar-refractivity contribution in [2.45, 2.75) is 123 Å². The second-order valence-corrected chi connectivity index (χ2v) is 17.6. The average Bonchev–Trinajstić information content (AvgIpc) is 3.76. The standard InChI is InChI=1S/C51H61N3O11/c1-9-42-50(7,65-49(59)54-24-23-52-31-54)27-32(2)43(55)33(3)28-51(8,60-25-15-16-37-26-39-19-13-14-20-40(39)30-53-29-37)45(35(5)44(56)36(6)46(57)63-42)64-48-41(22-21-34(4)61-48)62-47(58)38-17-11-10-12-18-38/h10-20,23-24,26-27,29-31,33-36,41-42,45,48,53H,9,21-22,25,28H2,1-8H3/b16-15+,32-27+/t33-,34-,35+,36-,41-,42-,45-,48+,50+,51-/m1/s1. The molecule has 0 radical (unpaired) electrons. The molecular formula is C51H61N3O11. The van der Waals surface area contributed by atoms with E-state index >= 15 is 0 Å². The number of cyclic esters (lactones) is 1. The van der Waals surface area contributed by atoms with Gasteiger partial charge in [0.05, 0.1) is 30.0 Å². The first-order valence-corrected chi connectivity index (χ1v) is 22.3. The fourth-order valence-electron chi connectivity index (χ4n) is 8.76. The summed E-state index contributed by atoms with van der Waals surface area (Å²) in [6.45, 7) is 13.5. The molecule has 1 fully saturated rings. The second kappa shape index (κ2) is 21.4. The van der Waals surface area contributed by atoms with Crippen LogP contribution in [0.15, 0.2) is 109 Å². The van der Waals surface area contributed by atoms with Gasteiger partial charge in [-0.15, -0.1) is 0 Å². The van der Waals surface area contributed by atoms with E-state index in [0.29, 0.717) is 18.4 Å². The van der Waals surface area contributed by atoms with E-state index in [9.17, 15) is 24.0 Å². The van der Waals surface area contributed by atoms with E-state index in [1.807, 2.05) is 61.8 Å². The number of Topliss-reactive ketones (excluding diaryl/α,β-unsaturated/α-hetero) is 2. The Kier molecular flexibility index (Phi) is 15.9. The number of allylic oxidation sites excluding steroid dienone is 3. The Morgan fingerprint density at radius 1 is 0.969 bits per heavy atom. The Balaban J connectivity index is 1.40. The van der Waals surface area contributed by atoms with Gasteiger partial charge in [-0.25, -0.2) is 19.1 Å². The first-order chi connectivity index (χ1) is 31.0. The third kappa shape index (κ3) is 11.8. The van der Waals surface area contributed by atoms with Crippen molar-refractivity contribution in [2.24, 2.45) is 17.8 Å². The van der Waals surface area contributed by atoms with Gasteiger partial charge >= 0.3 is 18.0 Å².